The van der Waals surface area contributed by atoms with Crippen LogP contribution in [0.25, 0.3) is 6.08 Å². The van der Waals surface area contributed by atoms with E-state index in [2.05, 4.69) is 5.32 Å². The fraction of sp³-hybridized carbons (Fsp3) is 0.238. The summed E-state index contributed by atoms with van der Waals surface area (Å²) >= 11 is 12.0. The number of para-hydroxylation sites is 1. The van der Waals surface area contributed by atoms with E-state index in [1.807, 2.05) is 30.3 Å². The SMILES string of the molecule is O=C(Nc1ccccc1)C1CCN(C(=O)/C=C/c2ccc(Cl)cc2Cl)CC1. The van der Waals surface area contributed by atoms with Crippen molar-refractivity contribution in [3.05, 3.63) is 70.2 Å². The molecule has 4 nitrogen and oxygen atoms in total. The van der Waals surface area contributed by atoms with Crippen molar-refractivity contribution in [1.82, 2.24) is 4.90 Å². The summed E-state index contributed by atoms with van der Waals surface area (Å²) in [6.07, 6.45) is 4.51. The van der Waals surface area contributed by atoms with E-state index in [0.29, 0.717) is 36.0 Å². The Bertz CT molecular complexity index is 845. The van der Waals surface area contributed by atoms with Crippen LogP contribution in [0.15, 0.2) is 54.6 Å². The molecule has 0 aliphatic carbocycles. The summed E-state index contributed by atoms with van der Waals surface area (Å²) in [7, 11) is 0. The highest BCUT2D eigenvalue weighted by molar-refractivity contribution is 6.35. The molecule has 0 atom stereocenters. The van der Waals surface area contributed by atoms with Crippen LogP contribution in [0.4, 0.5) is 5.69 Å². The van der Waals surface area contributed by atoms with Gasteiger partial charge in [0.1, 0.15) is 0 Å². The normalized spacial score (nSPS) is 15.1. The lowest BCUT2D eigenvalue weighted by Crippen LogP contribution is -2.40. The number of anilines is 1. The van der Waals surface area contributed by atoms with Crippen molar-refractivity contribution in [2.75, 3.05) is 18.4 Å². The van der Waals surface area contributed by atoms with Crippen molar-refractivity contribution < 1.29 is 9.59 Å². The first-order valence-electron chi connectivity index (χ1n) is 8.81. The molecule has 0 spiro atoms. The van der Waals surface area contributed by atoms with Crippen LogP contribution in [-0.4, -0.2) is 29.8 Å². The van der Waals surface area contributed by atoms with Crippen LogP contribution in [0.1, 0.15) is 18.4 Å². The molecule has 2 aromatic carbocycles. The molecule has 3 rings (SSSR count). The Morgan fingerprint density at radius 3 is 2.41 bits per heavy atom. The van der Waals surface area contributed by atoms with Gasteiger partial charge in [-0.05, 0) is 48.7 Å². The van der Waals surface area contributed by atoms with Crippen molar-refractivity contribution in [1.29, 1.82) is 0 Å². The number of hydrogen-bond acceptors (Lipinski definition) is 2. The molecule has 0 saturated carbocycles. The molecular formula is C21H20Cl2N2O2. The summed E-state index contributed by atoms with van der Waals surface area (Å²) in [6.45, 7) is 1.12. The number of piperidine rings is 1. The van der Waals surface area contributed by atoms with Crippen molar-refractivity contribution in [3.63, 3.8) is 0 Å². The van der Waals surface area contributed by atoms with Crippen LogP contribution in [0.5, 0.6) is 0 Å². The topological polar surface area (TPSA) is 49.4 Å². The van der Waals surface area contributed by atoms with E-state index in [-0.39, 0.29) is 17.7 Å². The molecule has 0 unspecified atom stereocenters. The number of likely N-dealkylation sites (tertiary alicyclic amines) is 1. The minimum atomic E-state index is -0.0806. The number of nitrogens with one attached hydrogen (secondary N) is 1. The maximum atomic E-state index is 12.4. The standard InChI is InChI=1S/C21H20Cl2N2O2/c22-17-8-6-15(19(23)14-17)7-9-20(26)25-12-10-16(11-13-25)21(27)24-18-4-2-1-3-5-18/h1-9,14,16H,10-13H2,(H,24,27)/b9-7+. The third-order valence-corrected chi connectivity index (χ3v) is 5.15. The molecular weight excluding hydrogens is 383 g/mol. The summed E-state index contributed by atoms with van der Waals surface area (Å²) in [5.74, 6) is -0.149. The number of halogens is 2. The molecule has 0 radical (unpaired) electrons. The van der Waals surface area contributed by atoms with E-state index in [0.717, 1.165) is 11.3 Å². The van der Waals surface area contributed by atoms with Gasteiger partial charge in [-0.2, -0.15) is 0 Å². The molecule has 0 bridgehead atoms. The van der Waals surface area contributed by atoms with Crippen LogP contribution in [0.3, 0.4) is 0 Å². The number of amides is 2. The van der Waals surface area contributed by atoms with Crippen LogP contribution in [0, 0.1) is 5.92 Å². The van der Waals surface area contributed by atoms with Crippen LogP contribution >= 0.6 is 23.2 Å². The monoisotopic (exact) mass is 402 g/mol. The van der Waals surface area contributed by atoms with Crippen molar-refractivity contribution in [2.24, 2.45) is 5.92 Å². The molecule has 27 heavy (non-hydrogen) atoms. The first-order valence-corrected chi connectivity index (χ1v) is 9.56. The van der Waals surface area contributed by atoms with Gasteiger partial charge in [0.15, 0.2) is 0 Å². The van der Waals surface area contributed by atoms with Gasteiger partial charge in [-0.1, -0.05) is 47.5 Å². The lowest BCUT2D eigenvalue weighted by molar-refractivity contribution is -0.130. The Balaban J connectivity index is 1.51. The van der Waals surface area contributed by atoms with Gasteiger partial charge in [-0.15, -0.1) is 0 Å². The van der Waals surface area contributed by atoms with Crippen molar-refractivity contribution >= 4 is 46.8 Å². The Labute approximate surface area is 168 Å². The molecule has 6 heteroatoms. The first-order chi connectivity index (χ1) is 13.0. The molecule has 1 heterocycles. The number of carbonyl (C=O) groups excluding carboxylic acids is 2. The van der Waals surface area contributed by atoms with Crippen molar-refractivity contribution in [2.45, 2.75) is 12.8 Å². The van der Waals surface area contributed by atoms with E-state index >= 15 is 0 Å². The van der Waals surface area contributed by atoms with Gasteiger partial charge < -0.3 is 10.2 Å². The maximum Gasteiger partial charge on any atom is 0.246 e. The lowest BCUT2D eigenvalue weighted by Gasteiger charge is -2.30. The van der Waals surface area contributed by atoms with Crippen molar-refractivity contribution in [3.8, 4) is 0 Å². The van der Waals surface area contributed by atoms with Gasteiger partial charge >= 0.3 is 0 Å². The number of nitrogens with zero attached hydrogens (tertiary/aromatic N) is 1. The Hall–Kier alpha value is -2.30. The van der Waals surface area contributed by atoms with Gasteiger partial charge in [0, 0.05) is 40.8 Å². The predicted molar refractivity (Wildman–Crippen MR) is 110 cm³/mol. The maximum absolute atomic E-state index is 12.4. The molecule has 2 amide bonds. The van der Waals surface area contributed by atoms with Crippen LogP contribution in [-0.2, 0) is 9.59 Å². The largest absolute Gasteiger partial charge is 0.339 e. The second kappa shape index (κ2) is 9.07. The molecule has 1 fully saturated rings. The molecule has 0 aromatic heterocycles. The smallest absolute Gasteiger partial charge is 0.246 e. The highest BCUT2D eigenvalue weighted by Crippen LogP contribution is 2.23. The minimum Gasteiger partial charge on any atom is -0.339 e. The molecule has 1 aliphatic heterocycles. The van der Waals surface area contributed by atoms with E-state index in [4.69, 9.17) is 23.2 Å². The summed E-state index contributed by atoms with van der Waals surface area (Å²) in [5.41, 5.74) is 1.54. The first kappa shape index (κ1) is 19.5. The highest BCUT2D eigenvalue weighted by atomic mass is 35.5. The average Bonchev–Trinajstić information content (AvgIpc) is 2.68. The fourth-order valence-electron chi connectivity index (χ4n) is 3.03. The second-order valence-corrected chi connectivity index (χ2v) is 7.30. The van der Waals surface area contributed by atoms with E-state index in [1.54, 1.807) is 29.2 Å². The van der Waals surface area contributed by atoms with Crippen LogP contribution < -0.4 is 5.32 Å². The Morgan fingerprint density at radius 1 is 1.04 bits per heavy atom. The summed E-state index contributed by atoms with van der Waals surface area (Å²) in [4.78, 5) is 26.5. The molecule has 2 aromatic rings. The lowest BCUT2D eigenvalue weighted by atomic mass is 9.95. The predicted octanol–water partition coefficient (Wildman–Crippen LogP) is 4.88. The Kier molecular flexibility index (Phi) is 6.54. The molecule has 1 aliphatic rings. The number of benzene rings is 2. The summed E-state index contributed by atoms with van der Waals surface area (Å²) < 4.78 is 0. The van der Waals surface area contributed by atoms with Gasteiger partial charge in [0.25, 0.3) is 0 Å². The van der Waals surface area contributed by atoms with E-state index < -0.39 is 0 Å². The van der Waals surface area contributed by atoms with Gasteiger partial charge in [-0.25, -0.2) is 0 Å². The Morgan fingerprint density at radius 2 is 1.74 bits per heavy atom. The third-order valence-electron chi connectivity index (χ3n) is 4.59. The zero-order chi connectivity index (χ0) is 19.2. The van der Waals surface area contributed by atoms with Crippen LogP contribution in [0.2, 0.25) is 10.0 Å². The van der Waals surface area contributed by atoms with E-state index in [1.165, 1.54) is 6.08 Å². The zero-order valence-electron chi connectivity index (χ0n) is 14.7. The quantitative estimate of drug-likeness (QED) is 0.740. The van der Waals surface area contributed by atoms with Gasteiger partial charge in [-0.3, -0.25) is 9.59 Å². The highest BCUT2D eigenvalue weighted by Gasteiger charge is 2.26. The number of carbonyl (C=O) groups is 2. The summed E-state index contributed by atoms with van der Waals surface area (Å²) in [5, 5.41) is 3.99. The van der Waals surface area contributed by atoms with E-state index in [9.17, 15) is 9.59 Å². The number of rotatable bonds is 4. The molecule has 140 valence electrons. The summed E-state index contributed by atoms with van der Waals surface area (Å²) in [6, 6.07) is 14.6. The molecule has 1 saturated heterocycles. The van der Waals surface area contributed by atoms with Gasteiger partial charge in [0.2, 0.25) is 11.8 Å². The van der Waals surface area contributed by atoms with Gasteiger partial charge in [0.05, 0.1) is 0 Å². The fourth-order valence-corrected chi connectivity index (χ4v) is 3.50. The zero-order valence-corrected chi connectivity index (χ0v) is 16.2. The minimum absolute atomic E-state index is 0.0109. The molecule has 1 N–H and O–H groups in total. The third kappa shape index (κ3) is 5.34. The average molecular weight is 403 g/mol. The number of hydrogen-bond donors (Lipinski definition) is 1. The second-order valence-electron chi connectivity index (χ2n) is 6.45.